The lowest BCUT2D eigenvalue weighted by molar-refractivity contribution is 1.25. The van der Waals surface area contributed by atoms with E-state index in [1.165, 1.54) is 27.8 Å². The maximum atomic E-state index is 3.34. The highest BCUT2D eigenvalue weighted by atomic mass is 14.2. The summed E-state index contributed by atoms with van der Waals surface area (Å²) in [6.07, 6.45) is 1.05. The van der Waals surface area contributed by atoms with Crippen molar-refractivity contribution in [1.29, 1.82) is 0 Å². The minimum atomic E-state index is 1.05. The van der Waals surface area contributed by atoms with Crippen molar-refractivity contribution in [3.05, 3.63) is 59.2 Å². The highest BCUT2D eigenvalue weighted by Crippen LogP contribution is 2.37. The van der Waals surface area contributed by atoms with Crippen LogP contribution in [-0.2, 0) is 6.42 Å². The molecule has 0 spiro atoms. The van der Waals surface area contributed by atoms with Gasteiger partial charge in [0.05, 0.1) is 0 Å². The molecule has 1 radical (unpaired) electrons. The molecule has 0 fully saturated rings. The van der Waals surface area contributed by atoms with Crippen molar-refractivity contribution in [1.82, 2.24) is 0 Å². The lowest BCUT2D eigenvalue weighted by Gasteiger charge is -2.03. The Bertz CT molecular complexity index is 495. The van der Waals surface area contributed by atoms with Crippen LogP contribution in [0.2, 0.25) is 0 Å². The van der Waals surface area contributed by atoms with Crippen LogP contribution < -0.4 is 0 Å². The maximum absolute atomic E-state index is 3.34. The molecule has 0 aliphatic heterocycles. The molecule has 0 amide bonds. The second-order valence-electron chi connectivity index (χ2n) is 3.85. The van der Waals surface area contributed by atoms with Crippen molar-refractivity contribution < 1.29 is 0 Å². The quantitative estimate of drug-likeness (QED) is 0.496. The Kier molecular flexibility index (Phi) is 1.51. The zero-order chi connectivity index (χ0) is 9.54. The first-order chi connectivity index (χ1) is 6.86. The molecule has 1 aliphatic rings. The molecule has 0 saturated heterocycles. The minimum absolute atomic E-state index is 1.05. The van der Waals surface area contributed by atoms with E-state index >= 15 is 0 Å². The van der Waals surface area contributed by atoms with Crippen LogP contribution in [0.25, 0.3) is 11.1 Å². The molecule has 2 aromatic carbocycles. The van der Waals surface area contributed by atoms with Crippen LogP contribution in [0.3, 0.4) is 0 Å². The molecule has 0 nitrogen and oxygen atoms in total. The van der Waals surface area contributed by atoms with E-state index in [-0.39, 0.29) is 0 Å². The van der Waals surface area contributed by atoms with Gasteiger partial charge in [-0.15, -0.1) is 0 Å². The van der Waals surface area contributed by atoms with Gasteiger partial charge in [0.25, 0.3) is 0 Å². The van der Waals surface area contributed by atoms with Crippen LogP contribution in [0.4, 0.5) is 0 Å². The van der Waals surface area contributed by atoms with Gasteiger partial charge in [0, 0.05) is 0 Å². The lowest BCUT2D eigenvalue weighted by Crippen LogP contribution is -1.82. The van der Waals surface area contributed by atoms with Gasteiger partial charge in [0.2, 0.25) is 0 Å². The van der Waals surface area contributed by atoms with Crippen molar-refractivity contribution in [2.45, 2.75) is 13.3 Å². The summed E-state index contributed by atoms with van der Waals surface area (Å²) in [5.41, 5.74) is 6.96. The van der Waals surface area contributed by atoms with Gasteiger partial charge in [-0.25, -0.2) is 0 Å². The van der Waals surface area contributed by atoms with E-state index in [0.717, 1.165) is 6.42 Å². The standard InChI is InChI=1S/C14H11/c1-10-5-4-7-12-9-11-6-2-3-8-13(11)14(10)12/h2-6,8H,9H2,1H3. The van der Waals surface area contributed by atoms with Gasteiger partial charge >= 0.3 is 0 Å². The van der Waals surface area contributed by atoms with E-state index in [1.807, 2.05) is 6.07 Å². The van der Waals surface area contributed by atoms with Crippen LogP contribution >= 0.6 is 0 Å². The normalized spacial score (nSPS) is 12.4. The molecule has 0 N–H and O–H groups in total. The molecule has 0 atom stereocenters. The summed E-state index contributed by atoms with van der Waals surface area (Å²) in [6, 6.07) is 16.1. The molecule has 3 rings (SSSR count). The Balaban J connectivity index is 2.35. The van der Waals surface area contributed by atoms with E-state index in [2.05, 4.69) is 43.3 Å². The molecule has 1 aliphatic carbocycles. The molecular weight excluding hydrogens is 168 g/mol. The number of aryl methyl sites for hydroxylation is 1. The van der Waals surface area contributed by atoms with E-state index < -0.39 is 0 Å². The highest BCUT2D eigenvalue weighted by molar-refractivity contribution is 5.78. The number of fused-ring (bicyclic) bond motifs is 3. The smallest absolute Gasteiger partial charge is 0.000718 e. The van der Waals surface area contributed by atoms with Gasteiger partial charge in [0.15, 0.2) is 0 Å². The predicted molar refractivity (Wildman–Crippen MR) is 58.3 cm³/mol. The summed E-state index contributed by atoms with van der Waals surface area (Å²) in [4.78, 5) is 0. The molecule has 0 heterocycles. The molecule has 67 valence electrons. The Hall–Kier alpha value is -1.56. The van der Waals surface area contributed by atoms with Gasteiger partial charge < -0.3 is 0 Å². The zero-order valence-electron chi connectivity index (χ0n) is 8.17. The fraction of sp³-hybridized carbons (Fsp3) is 0.143. The van der Waals surface area contributed by atoms with Gasteiger partial charge in [-0.05, 0) is 47.2 Å². The SMILES string of the molecule is Cc1cc[c]c2c1-c1ccccc1C2. The average molecular weight is 179 g/mol. The van der Waals surface area contributed by atoms with Gasteiger partial charge in [-0.2, -0.15) is 0 Å². The summed E-state index contributed by atoms with van der Waals surface area (Å²) in [5, 5.41) is 0. The fourth-order valence-corrected chi connectivity index (χ4v) is 2.28. The van der Waals surface area contributed by atoms with Crippen molar-refractivity contribution in [2.24, 2.45) is 0 Å². The van der Waals surface area contributed by atoms with Gasteiger partial charge in [-0.3, -0.25) is 0 Å². The van der Waals surface area contributed by atoms with E-state index in [4.69, 9.17) is 0 Å². The molecule has 2 aromatic rings. The highest BCUT2D eigenvalue weighted by Gasteiger charge is 2.18. The van der Waals surface area contributed by atoms with Crippen molar-refractivity contribution in [2.75, 3.05) is 0 Å². The van der Waals surface area contributed by atoms with Gasteiger partial charge in [0.1, 0.15) is 0 Å². The predicted octanol–water partition coefficient (Wildman–Crippen LogP) is 3.37. The number of rotatable bonds is 0. The van der Waals surface area contributed by atoms with E-state index in [9.17, 15) is 0 Å². The molecular formula is C14H11. The van der Waals surface area contributed by atoms with Crippen LogP contribution in [0.1, 0.15) is 16.7 Å². The first kappa shape index (κ1) is 7.81. The summed E-state index contributed by atoms with van der Waals surface area (Å²) < 4.78 is 0. The molecule has 0 heteroatoms. The summed E-state index contributed by atoms with van der Waals surface area (Å²) >= 11 is 0. The second kappa shape index (κ2) is 2.71. The van der Waals surface area contributed by atoms with Crippen LogP contribution in [0.15, 0.2) is 36.4 Å². The Morgan fingerprint density at radius 1 is 1.14 bits per heavy atom. The van der Waals surface area contributed by atoms with Crippen molar-refractivity contribution in [3.8, 4) is 11.1 Å². The monoisotopic (exact) mass is 179 g/mol. The lowest BCUT2D eigenvalue weighted by atomic mass is 10.0. The molecule has 14 heavy (non-hydrogen) atoms. The third-order valence-corrected chi connectivity index (χ3v) is 2.94. The molecule has 0 unspecified atom stereocenters. The summed E-state index contributed by atoms with van der Waals surface area (Å²) in [6.45, 7) is 2.18. The van der Waals surface area contributed by atoms with Crippen molar-refractivity contribution >= 4 is 0 Å². The van der Waals surface area contributed by atoms with Gasteiger partial charge in [-0.1, -0.05) is 36.4 Å². The minimum Gasteiger partial charge on any atom is -0.0619 e. The summed E-state index contributed by atoms with van der Waals surface area (Å²) in [7, 11) is 0. The van der Waals surface area contributed by atoms with Crippen molar-refractivity contribution in [3.63, 3.8) is 0 Å². The molecule has 0 bridgehead atoms. The largest absolute Gasteiger partial charge is 0.0619 e. The Morgan fingerprint density at radius 2 is 2.00 bits per heavy atom. The molecule has 0 saturated carbocycles. The number of benzene rings is 2. The first-order valence-corrected chi connectivity index (χ1v) is 4.95. The van der Waals surface area contributed by atoms with Crippen LogP contribution in [0.5, 0.6) is 0 Å². The third-order valence-electron chi connectivity index (χ3n) is 2.94. The van der Waals surface area contributed by atoms with Crippen LogP contribution in [0, 0.1) is 13.0 Å². The third kappa shape index (κ3) is 0.941. The second-order valence-corrected chi connectivity index (χ2v) is 3.85. The maximum Gasteiger partial charge on any atom is -0.000718 e. The zero-order valence-corrected chi connectivity index (χ0v) is 8.17. The average Bonchev–Trinajstić information content (AvgIpc) is 2.57. The first-order valence-electron chi connectivity index (χ1n) is 4.95. The Labute approximate surface area is 84.2 Å². The number of hydrogen-bond acceptors (Lipinski definition) is 0. The van der Waals surface area contributed by atoms with E-state index in [1.54, 1.807) is 0 Å². The van der Waals surface area contributed by atoms with Crippen LogP contribution in [-0.4, -0.2) is 0 Å². The van der Waals surface area contributed by atoms with E-state index in [0.29, 0.717) is 0 Å². The fourth-order valence-electron chi connectivity index (χ4n) is 2.28. The topological polar surface area (TPSA) is 0 Å². The number of hydrogen-bond donors (Lipinski definition) is 0. The summed E-state index contributed by atoms with van der Waals surface area (Å²) in [5.74, 6) is 0. The Morgan fingerprint density at radius 3 is 2.93 bits per heavy atom. The molecule has 0 aromatic heterocycles.